The Bertz CT molecular complexity index is 333. The van der Waals surface area contributed by atoms with Crippen LogP contribution in [0.1, 0.15) is 5.56 Å². The molecule has 1 N–H and O–H groups in total. The average Bonchev–Trinajstić information content (AvgIpc) is 2.17. The molecular weight excluding hydrogens is 192 g/mol. The Morgan fingerprint density at radius 1 is 1.20 bits per heavy atom. The van der Waals surface area contributed by atoms with E-state index in [-0.39, 0.29) is 0 Å². The molecule has 4 nitrogen and oxygen atoms in total. The SMILES string of the molecule is CN(C)Cc1ccc(N(C)C(=O)O)cc1. The molecule has 0 saturated carbocycles. The summed E-state index contributed by atoms with van der Waals surface area (Å²) in [6.45, 7) is 0.858. The van der Waals surface area contributed by atoms with Gasteiger partial charge in [-0.05, 0) is 31.8 Å². The van der Waals surface area contributed by atoms with Crippen LogP contribution in [0, 0.1) is 0 Å². The van der Waals surface area contributed by atoms with Gasteiger partial charge in [-0.25, -0.2) is 4.79 Å². The summed E-state index contributed by atoms with van der Waals surface area (Å²) in [6, 6.07) is 7.50. The third-order valence-corrected chi connectivity index (χ3v) is 2.11. The summed E-state index contributed by atoms with van der Waals surface area (Å²) < 4.78 is 0. The molecule has 0 unspecified atom stereocenters. The van der Waals surface area contributed by atoms with E-state index in [4.69, 9.17) is 5.11 Å². The maximum absolute atomic E-state index is 10.7. The Labute approximate surface area is 89.7 Å². The second-order valence-electron chi connectivity index (χ2n) is 3.75. The van der Waals surface area contributed by atoms with Crippen LogP contribution >= 0.6 is 0 Å². The minimum atomic E-state index is -0.949. The van der Waals surface area contributed by atoms with Crippen molar-refractivity contribution in [2.75, 3.05) is 26.0 Å². The molecule has 15 heavy (non-hydrogen) atoms. The van der Waals surface area contributed by atoms with E-state index in [1.165, 1.54) is 17.5 Å². The quantitative estimate of drug-likeness (QED) is 0.824. The molecule has 0 spiro atoms. The number of carbonyl (C=O) groups is 1. The van der Waals surface area contributed by atoms with E-state index in [2.05, 4.69) is 4.90 Å². The van der Waals surface area contributed by atoms with Crippen LogP contribution in [0.3, 0.4) is 0 Å². The number of amides is 1. The average molecular weight is 208 g/mol. The number of benzene rings is 1. The molecule has 0 heterocycles. The van der Waals surface area contributed by atoms with Crippen molar-refractivity contribution in [3.63, 3.8) is 0 Å². The summed E-state index contributed by atoms with van der Waals surface area (Å²) in [5.74, 6) is 0. The molecule has 1 aromatic rings. The van der Waals surface area contributed by atoms with E-state index in [9.17, 15) is 4.79 Å². The Balaban J connectivity index is 2.76. The summed E-state index contributed by atoms with van der Waals surface area (Å²) in [5.41, 5.74) is 1.85. The minimum Gasteiger partial charge on any atom is -0.465 e. The molecular formula is C11H16N2O2. The summed E-state index contributed by atoms with van der Waals surface area (Å²) in [7, 11) is 5.53. The largest absolute Gasteiger partial charge is 0.465 e. The first-order chi connectivity index (χ1) is 7.00. The van der Waals surface area contributed by atoms with Gasteiger partial charge < -0.3 is 10.0 Å². The number of anilines is 1. The van der Waals surface area contributed by atoms with Gasteiger partial charge in [0.15, 0.2) is 0 Å². The van der Waals surface area contributed by atoms with Crippen LogP contribution in [0.4, 0.5) is 10.5 Å². The maximum atomic E-state index is 10.7. The van der Waals surface area contributed by atoms with Gasteiger partial charge in [-0.1, -0.05) is 12.1 Å². The Morgan fingerprint density at radius 3 is 2.13 bits per heavy atom. The second kappa shape index (κ2) is 4.79. The molecule has 1 rings (SSSR count). The highest BCUT2D eigenvalue weighted by Crippen LogP contribution is 2.14. The number of hydrogen-bond donors (Lipinski definition) is 1. The zero-order valence-electron chi connectivity index (χ0n) is 9.27. The van der Waals surface area contributed by atoms with Crippen molar-refractivity contribution in [3.05, 3.63) is 29.8 Å². The fourth-order valence-corrected chi connectivity index (χ4v) is 1.30. The van der Waals surface area contributed by atoms with E-state index in [0.717, 1.165) is 6.54 Å². The summed E-state index contributed by atoms with van der Waals surface area (Å²) in [4.78, 5) is 13.9. The van der Waals surface area contributed by atoms with Gasteiger partial charge in [0.25, 0.3) is 0 Å². The monoisotopic (exact) mass is 208 g/mol. The molecule has 4 heteroatoms. The smallest absolute Gasteiger partial charge is 0.411 e. The molecule has 0 aliphatic carbocycles. The lowest BCUT2D eigenvalue weighted by Crippen LogP contribution is -2.23. The van der Waals surface area contributed by atoms with Crippen LogP contribution in [-0.4, -0.2) is 37.2 Å². The molecule has 0 radical (unpaired) electrons. The lowest BCUT2D eigenvalue weighted by molar-refractivity contribution is 0.203. The standard InChI is InChI=1S/C11H16N2O2/c1-12(2)8-9-4-6-10(7-5-9)13(3)11(14)15/h4-7H,8H2,1-3H3,(H,14,15). The van der Waals surface area contributed by atoms with E-state index < -0.39 is 6.09 Å². The third kappa shape index (κ3) is 3.25. The van der Waals surface area contributed by atoms with Crippen molar-refractivity contribution in [1.82, 2.24) is 4.90 Å². The van der Waals surface area contributed by atoms with Gasteiger partial charge in [-0.2, -0.15) is 0 Å². The highest BCUT2D eigenvalue weighted by Gasteiger charge is 2.07. The van der Waals surface area contributed by atoms with Gasteiger partial charge in [0.05, 0.1) is 0 Å². The lowest BCUT2D eigenvalue weighted by Gasteiger charge is -2.14. The molecule has 0 saturated heterocycles. The number of nitrogens with zero attached hydrogens (tertiary/aromatic N) is 2. The second-order valence-corrected chi connectivity index (χ2v) is 3.75. The number of rotatable bonds is 3. The molecule has 1 aromatic carbocycles. The molecule has 0 aromatic heterocycles. The van der Waals surface area contributed by atoms with Crippen molar-refractivity contribution in [1.29, 1.82) is 0 Å². The Kier molecular flexibility index (Phi) is 3.68. The Hall–Kier alpha value is -1.55. The van der Waals surface area contributed by atoms with E-state index in [0.29, 0.717) is 5.69 Å². The fourth-order valence-electron chi connectivity index (χ4n) is 1.30. The maximum Gasteiger partial charge on any atom is 0.411 e. The van der Waals surface area contributed by atoms with Gasteiger partial charge in [0.1, 0.15) is 0 Å². The van der Waals surface area contributed by atoms with Gasteiger partial charge >= 0.3 is 6.09 Å². The molecule has 82 valence electrons. The van der Waals surface area contributed by atoms with Crippen LogP contribution in [0.25, 0.3) is 0 Å². The molecule has 0 bridgehead atoms. The summed E-state index contributed by atoms with van der Waals surface area (Å²) in [6.07, 6.45) is -0.949. The van der Waals surface area contributed by atoms with Crippen LogP contribution in [-0.2, 0) is 6.54 Å². The zero-order valence-corrected chi connectivity index (χ0v) is 9.27. The number of hydrogen-bond acceptors (Lipinski definition) is 2. The van der Waals surface area contributed by atoms with Gasteiger partial charge in [0, 0.05) is 19.3 Å². The first-order valence-electron chi connectivity index (χ1n) is 4.71. The van der Waals surface area contributed by atoms with E-state index in [1.54, 1.807) is 0 Å². The van der Waals surface area contributed by atoms with Crippen LogP contribution in [0.2, 0.25) is 0 Å². The van der Waals surface area contributed by atoms with Gasteiger partial charge in [0.2, 0.25) is 0 Å². The van der Waals surface area contributed by atoms with Crippen LogP contribution < -0.4 is 4.90 Å². The molecule has 0 fully saturated rings. The van der Waals surface area contributed by atoms with E-state index >= 15 is 0 Å². The predicted molar refractivity (Wildman–Crippen MR) is 60.3 cm³/mol. The van der Waals surface area contributed by atoms with Crippen LogP contribution in [0.5, 0.6) is 0 Å². The van der Waals surface area contributed by atoms with Crippen molar-refractivity contribution in [2.24, 2.45) is 0 Å². The lowest BCUT2D eigenvalue weighted by atomic mass is 10.2. The normalized spacial score (nSPS) is 10.4. The number of carboxylic acid groups (broad SMARTS) is 1. The predicted octanol–water partition coefficient (Wildman–Crippen LogP) is 1.86. The van der Waals surface area contributed by atoms with Crippen molar-refractivity contribution in [3.8, 4) is 0 Å². The van der Waals surface area contributed by atoms with Crippen molar-refractivity contribution in [2.45, 2.75) is 6.54 Å². The first-order valence-corrected chi connectivity index (χ1v) is 4.71. The molecule has 0 atom stereocenters. The molecule has 0 aliphatic heterocycles. The van der Waals surface area contributed by atoms with Crippen LogP contribution in [0.15, 0.2) is 24.3 Å². The fraction of sp³-hybridized carbons (Fsp3) is 0.364. The summed E-state index contributed by atoms with van der Waals surface area (Å²) >= 11 is 0. The minimum absolute atomic E-state index is 0.685. The molecule has 1 amide bonds. The highest BCUT2D eigenvalue weighted by atomic mass is 16.4. The van der Waals surface area contributed by atoms with Crippen molar-refractivity contribution >= 4 is 11.8 Å². The highest BCUT2D eigenvalue weighted by molar-refractivity contribution is 5.85. The first kappa shape index (κ1) is 11.5. The molecule has 0 aliphatic rings. The zero-order chi connectivity index (χ0) is 11.4. The summed E-state index contributed by atoms with van der Waals surface area (Å²) in [5, 5.41) is 8.77. The van der Waals surface area contributed by atoms with Gasteiger partial charge in [-0.15, -0.1) is 0 Å². The Morgan fingerprint density at radius 2 is 1.73 bits per heavy atom. The third-order valence-electron chi connectivity index (χ3n) is 2.11. The van der Waals surface area contributed by atoms with Crippen molar-refractivity contribution < 1.29 is 9.90 Å². The topological polar surface area (TPSA) is 43.8 Å². The van der Waals surface area contributed by atoms with E-state index in [1.807, 2.05) is 38.4 Å². The van der Waals surface area contributed by atoms with Gasteiger partial charge in [-0.3, -0.25) is 4.90 Å².